The van der Waals surface area contributed by atoms with Gasteiger partial charge >= 0.3 is 5.97 Å². The van der Waals surface area contributed by atoms with E-state index in [1.165, 1.54) is 24.3 Å². The first-order chi connectivity index (χ1) is 8.90. The highest BCUT2D eigenvalue weighted by atomic mass is 16.6. The molecule has 0 aliphatic carbocycles. The van der Waals surface area contributed by atoms with E-state index >= 15 is 0 Å². The van der Waals surface area contributed by atoms with Crippen molar-refractivity contribution in [1.82, 2.24) is 5.32 Å². The van der Waals surface area contributed by atoms with Gasteiger partial charge in [-0.25, -0.2) is 0 Å². The number of nitrogens with one attached hydrogen (secondary N) is 1. The largest absolute Gasteiger partial charge is 0.481 e. The van der Waals surface area contributed by atoms with Gasteiger partial charge in [0, 0.05) is 30.2 Å². The zero-order valence-corrected chi connectivity index (χ0v) is 10.3. The number of carboxylic acid groups (broad SMARTS) is 1. The number of benzene rings is 1. The number of carbonyl (C=O) groups excluding carboxylic acids is 1. The standard InChI is InChI=1S/C12H14N2O5/c1-8(5-6-11(15)16)13-12(17)9-3-2-4-10(7-9)14(18)19/h2-4,7-8H,5-6H2,1H3,(H,13,17)(H,15,16). The maximum Gasteiger partial charge on any atom is 0.303 e. The predicted octanol–water partition coefficient (Wildman–Crippen LogP) is 1.58. The summed E-state index contributed by atoms with van der Waals surface area (Å²) >= 11 is 0. The third-order valence-electron chi connectivity index (χ3n) is 2.49. The Labute approximate surface area is 109 Å². The molecule has 0 saturated heterocycles. The van der Waals surface area contributed by atoms with Crippen molar-refractivity contribution in [2.75, 3.05) is 0 Å². The maximum absolute atomic E-state index is 11.8. The average molecular weight is 266 g/mol. The Bertz CT molecular complexity index is 501. The van der Waals surface area contributed by atoms with E-state index in [0.717, 1.165) is 0 Å². The Morgan fingerprint density at radius 3 is 2.74 bits per heavy atom. The van der Waals surface area contributed by atoms with Gasteiger partial charge in [-0.1, -0.05) is 6.07 Å². The van der Waals surface area contributed by atoms with Gasteiger partial charge in [-0.3, -0.25) is 19.7 Å². The van der Waals surface area contributed by atoms with E-state index in [9.17, 15) is 19.7 Å². The molecule has 0 spiro atoms. The number of hydrogen-bond donors (Lipinski definition) is 2. The van der Waals surface area contributed by atoms with E-state index in [0.29, 0.717) is 6.42 Å². The molecule has 1 rings (SSSR count). The van der Waals surface area contributed by atoms with Crippen LogP contribution in [0, 0.1) is 10.1 Å². The molecule has 7 nitrogen and oxygen atoms in total. The Morgan fingerprint density at radius 2 is 2.16 bits per heavy atom. The summed E-state index contributed by atoms with van der Waals surface area (Å²) in [6.07, 6.45) is 0.256. The van der Waals surface area contributed by atoms with Gasteiger partial charge in [-0.05, 0) is 19.4 Å². The van der Waals surface area contributed by atoms with Gasteiger partial charge in [0.25, 0.3) is 11.6 Å². The van der Waals surface area contributed by atoms with Crippen LogP contribution in [0.3, 0.4) is 0 Å². The monoisotopic (exact) mass is 266 g/mol. The van der Waals surface area contributed by atoms with Crippen LogP contribution < -0.4 is 5.32 Å². The minimum atomic E-state index is -0.934. The number of amides is 1. The third-order valence-corrected chi connectivity index (χ3v) is 2.49. The molecule has 7 heteroatoms. The molecule has 0 saturated carbocycles. The molecule has 19 heavy (non-hydrogen) atoms. The van der Waals surface area contributed by atoms with Crippen LogP contribution in [0.1, 0.15) is 30.1 Å². The highest BCUT2D eigenvalue weighted by Gasteiger charge is 2.14. The minimum Gasteiger partial charge on any atom is -0.481 e. The summed E-state index contributed by atoms with van der Waals surface area (Å²) in [5.74, 6) is -1.39. The number of nitrogens with zero attached hydrogens (tertiary/aromatic N) is 1. The van der Waals surface area contributed by atoms with Crippen LogP contribution in [-0.4, -0.2) is 27.9 Å². The molecule has 1 aromatic rings. The van der Waals surface area contributed by atoms with Crippen molar-refractivity contribution in [3.8, 4) is 0 Å². The number of rotatable bonds is 6. The van der Waals surface area contributed by atoms with E-state index in [1.807, 2.05) is 0 Å². The van der Waals surface area contributed by atoms with Crippen molar-refractivity contribution in [3.05, 3.63) is 39.9 Å². The summed E-state index contributed by atoms with van der Waals surface area (Å²) in [6.45, 7) is 1.68. The molecule has 0 heterocycles. The van der Waals surface area contributed by atoms with Crippen molar-refractivity contribution in [2.45, 2.75) is 25.8 Å². The fourth-order valence-corrected chi connectivity index (χ4v) is 1.48. The van der Waals surface area contributed by atoms with Crippen LogP contribution in [0.15, 0.2) is 24.3 Å². The maximum atomic E-state index is 11.8. The molecule has 102 valence electrons. The molecule has 1 unspecified atom stereocenters. The van der Waals surface area contributed by atoms with E-state index in [2.05, 4.69) is 5.32 Å². The van der Waals surface area contributed by atoms with E-state index in [4.69, 9.17) is 5.11 Å². The first-order valence-corrected chi connectivity index (χ1v) is 5.67. The van der Waals surface area contributed by atoms with Gasteiger partial charge in [-0.15, -0.1) is 0 Å². The van der Waals surface area contributed by atoms with Crippen LogP contribution in [0.25, 0.3) is 0 Å². The van der Waals surface area contributed by atoms with Crippen LogP contribution in [0.4, 0.5) is 5.69 Å². The number of nitro groups is 1. The van der Waals surface area contributed by atoms with Gasteiger partial charge in [0.2, 0.25) is 0 Å². The molecular weight excluding hydrogens is 252 g/mol. The second kappa shape index (κ2) is 6.48. The summed E-state index contributed by atoms with van der Waals surface area (Å²) < 4.78 is 0. The van der Waals surface area contributed by atoms with E-state index in [-0.39, 0.29) is 23.7 Å². The zero-order valence-electron chi connectivity index (χ0n) is 10.3. The Hall–Kier alpha value is -2.44. The first-order valence-electron chi connectivity index (χ1n) is 5.67. The van der Waals surface area contributed by atoms with Gasteiger partial charge in [0.05, 0.1) is 4.92 Å². The van der Waals surface area contributed by atoms with Crippen molar-refractivity contribution >= 4 is 17.6 Å². The summed E-state index contributed by atoms with van der Waals surface area (Å²) in [5.41, 5.74) is 0.0159. The van der Waals surface area contributed by atoms with Gasteiger partial charge < -0.3 is 10.4 Å². The fraction of sp³-hybridized carbons (Fsp3) is 0.333. The molecule has 2 N–H and O–H groups in total. The number of carbonyl (C=O) groups is 2. The van der Waals surface area contributed by atoms with Crippen molar-refractivity contribution in [2.24, 2.45) is 0 Å². The number of non-ortho nitro benzene ring substituents is 1. The molecule has 0 bridgehead atoms. The summed E-state index contributed by atoms with van der Waals surface area (Å²) in [5, 5.41) is 21.7. The summed E-state index contributed by atoms with van der Waals surface area (Å²) in [4.78, 5) is 32.2. The lowest BCUT2D eigenvalue weighted by molar-refractivity contribution is -0.384. The molecule has 1 atom stereocenters. The molecule has 0 aromatic heterocycles. The van der Waals surface area contributed by atoms with E-state index in [1.54, 1.807) is 6.92 Å². The average Bonchev–Trinajstić information content (AvgIpc) is 2.36. The SMILES string of the molecule is CC(CCC(=O)O)NC(=O)c1cccc([N+](=O)[O-])c1. The Balaban J connectivity index is 2.65. The number of hydrogen-bond acceptors (Lipinski definition) is 4. The minimum absolute atomic E-state index is 0.0453. The third kappa shape index (κ3) is 4.74. The summed E-state index contributed by atoms with van der Waals surface area (Å²) in [7, 11) is 0. The lowest BCUT2D eigenvalue weighted by Gasteiger charge is -2.12. The zero-order chi connectivity index (χ0) is 14.4. The Morgan fingerprint density at radius 1 is 1.47 bits per heavy atom. The smallest absolute Gasteiger partial charge is 0.303 e. The lowest BCUT2D eigenvalue weighted by atomic mass is 10.1. The molecule has 0 fully saturated rings. The molecule has 0 radical (unpaired) electrons. The highest BCUT2D eigenvalue weighted by Crippen LogP contribution is 2.13. The van der Waals surface area contributed by atoms with Crippen LogP contribution in [0.2, 0.25) is 0 Å². The number of carboxylic acids is 1. The van der Waals surface area contributed by atoms with Crippen LogP contribution in [-0.2, 0) is 4.79 Å². The molecule has 1 aromatic carbocycles. The topological polar surface area (TPSA) is 110 Å². The number of aliphatic carboxylic acids is 1. The van der Waals surface area contributed by atoms with Gasteiger partial charge in [0.1, 0.15) is 0 Å². The summed E-state index contributed by atoms with van der Waals surface area (Å²) in [6, 6.07) is 5.05. The van der Waals surface area contributed by atoms with Gasteiger partial charge in [-0.2, -0.15) is 0 Å². The normalized spacial score (nSPS) is 11.6. The predicted molar refractivity (Wildman–Crippen MR) is 66.9 cm³/mol. The van der Waals surface area contributed by atoms with Crippen LogP contribution >= 0.6 is 0 Å². The first kappa shape index (κ1) is 14.6. The molecular formula is C12H14N2O5. The van der Waals surface area contributed by atoms with Crippen molar-refractivity contribution < 1.29 is 19.6 Å². The molecule has 0 aliphatic rings. The molecule has 0 aliphatic heterocycles. The Kier molecular flexibility index (Phi) is 4.99. The van der Waals surface area contributed by atoms with Crippen molar-refractivity contribution in [3.63, 3.8) is 0 Å². The lowest BCUT2D eigenvalue weighted by Crippen LogP contribution is -2.32. The highest BCUT2D eigenvalue weighted by molar-refractivity contribution is 5.94. The second-order valence-corrected chi connectivity index (χ2v) is 4.11. The van der Waals surface area contributed by atoms with E-state index < -0.39 is 16.8 Å². The quantitative estimate of drug-likeness (QED) is 0.600. The second-order valence-electron chi connectivity index (χ2n) is 4.11. The van der Waals surface area contributed by atoms with Crippen molar-refractivity contribution in [1.29, 1.82) is 0 Å². The fourth-order valence-electron chi connectivity index (χ4n) is 1.48. The van der Waals surface area contributed by atoms with Gasteiger partial charge in [0.15, 0.2) is 0 Å². The molecule has 1 amide bonds. The number of nitro benzene ring substituents is 1. The van der Waals surface area contributed by atoms with Crippen LogP contribution in [0.5, 0.6) is 0 Å².